The highest BCUT2D eigenvalue weighted by molar-refractivity contribution is 5.94. The minimum Gasteiger partial charge on any atom is -0.442 e. The van der Waals surface area contributed by atoms with Gasteiger partial charge in [0.25, 0.3) is 0 Å². The van der Waals surface area contributed by atoms with Crippen molar-refractivity contribution in [1.29, 1.82) is 5.26 Å². The number of hydrogen-bond donors (Lipinski definition) is 0. The molecule has 1 N–H and O–H groups in total. The third kappa shape index (κ3) is 3.96. The quantitative estimate of drug-likeness (QED) is 0.473. The predicted octanol–water partition coefficient (Wildman–Crippen LogP) is 1.87. The largest absolute Gasteiger partial charge is 0.442 e. The number of nitrogens with one attached hydrogen (secondary N) is 1. The Bertz CT molecular complexity index is 1320. The third-order valence-electron chi connectivity index (χ3n) is 7.62. The van der Waals surface area contributed by atoms with Crippen LogP contribution in [0.2, 0.25) is 0 Å². The summed E-state index contributed by atoms with van der Waals surface area (Å²) in [4.78, 5) is 30.8. The van der Waals surface area contributed by atoms with E-state index in [0.717, 1.165) is 47.3 Å². The lowest BCUT2D eigenvalue weighted by Gasteiger charge is -2.16. The topological polar surface area (TPSA) is 118 Å². The molecule has 0 spiro atoms. The summed E-state index contributed by atoms with van der Waals surface area (Å²) >= 11 is 0. The first-order valence-electron chi connectivity index (χ1n) is 12.2. The number of benzene rings is 1. The van der Waals surface area contributed by atoms with Gasteiger partial charge in [0.1, 0.15) is 6.10 Å². The van der Waals surface area contributed by atoms with Crippen LogP contribution in [0.1, 0.15) is 17.7 Å². The number of rotatable bonds is 7. The Balaban J connectivity index is 1.17. The Labute approximate surface area is 208 Å². The molecule has 3 aliphatic rings. The first-order valence-corrected chi connectivity index (χ1v) is 12.2. The van der Waals surface area contributed by atoms with Gasteiger partial charge in [0.15, 0.2) is 11.9 Å². The molecular formula is C26H26N7O3+. The fourth-order valence-corrected chi connectivity index (χ4v) is 5.82. The number of nitrogens with zero attached hydrogens (tertiary/aromatic N) is 6. The number of pyridine rings is 1. The maximum Gasteiger partial charge on any atom is 0.415 e. The van der Waals surface area contributed by atoms with E-state index in [4.69, 9.17) is 10.00 Å². The minimum absolute atomic E-state index is 0.0559. The number of aromatic amines is 1. The molecule has 2 aromatic heterocycles. The van der Waals surface area contributed by atoms with Crippen molar-refractivity contribution >= 4 is 18.2 Å². The standard InChI is InChI=1S/C26H25N7O3/c27-6-5-19-13-31(16-34)14-21(19)10-22-3-1-18(12-28-22)17-2-4-23-20(9-17)11-24-25(36-26(35)33(23)24)15-32-8-7-29-30-32/h1-4,7-9,12,16,19,21,24-25H,5,10-11,13-15H2/p+1/t19?,21?,24-,25?/m0/s1. The number of H-pyrrole nitrogens is 1. The Kier molecular flexibility index (Phi) is 5.60. The van der Waals surface area contributed by atoms with Gasteiger partial charge in [0, 0.05) is 43.8 Å². The zero-order valence-corrected chi connectivity index (χ0v) is 19.7. The molecule has 3 aromatic rings. The maximum atomic E-state index is 12.6. The molecule has 0 radical (unpaired) electrons. The van der Waals surface area contributed by atoms with Crippen LogP contribution >= 0.6 is 0 Å². The number of carbonyl (C=O) groups is 2. The Morgan fingerprint density at radius 1 is 1.19 bits per heavy atom. The average molecular weight is 485 g/mol. The van der Waals surface area contributed by atoms with Gasteiger partial charge in [0.2, 0.25) is 6.41 Å². The van der Waals surface area contributed by atoms with E-state index in [1.54, 1.807) is 26.9 Å². The summed E-state index contributed by atoms with van der Waals surface area (Å²) in [6.45, 7) is 1.82. The van der Waals surface area contributed by atoms with Crippen molar-refractivity contribution in [2.45, 2.75) is 38.0 Å². The number of nitriles is 1. The van der Waals surface area contributed by atoms with Gasteiger partial charge in [0.05, 0.1) is 30.5 Å². The molecule has 36 heavy (non-hydrogen) atoms. The van der Waals surface area contributed by atoms with Crippen molar-refractivity contribution in [2.75, 3.05) is 18.0 Å². The van der Waals surface area contributed by atoms with Crippen LogP contribution in [0.15, 0.2) is 48.9 Å². The normalized spacial score (nSPS) is 24.4. The molecule has 3 aliphatic heterocycles. The van der Waals surface area contributed by atoms with E-state index in [1.165, 1.54) is 0 Å². The summed E-state index contributed by atoms with van der Waals surface area (Å²) in [5, 5.41) is 17.0. The second-order valence-corrected chi connectivity index (χ2v) is 9.78. The first-order chi connectivity index (χ1) is 17.6. The SMILES string of the molecule is N#CCC1CN(C=O)CC1Cc1ccc(-c2ccc3c(c2)C[C@H]2C(Cn4ccnn4)OC(=O)N32)c[nH+]1. The Morgan fingerprint density at radius 2 is 2.06 bits per heavy atom. The van der Waals surface area contributed by atoms with Gasteiger partial charge in [-0.15, -0.1) is 5.10 Å². The summed E-state index contributed by atoms with van der Waals surface area (Å²) in [5.41, 5.74) is 5.25. The van der Waals surface area contributed by atoms with Crippen LogP contribution in [0.4, 0.5) is 10.5 Å². The highest BCUT2D eigenvalue weighted by atomic mass is 16.6. The average Bonchev–Trinajstić information content (AvgIpc) is 3.67. The number of ether oxygens (including phenoxy) is 1. The molecule has 2 fully saturated rings. The molecule has 182 valence electrons. The second-order valence-electron chi connectivity index (χ2n) is 9.78. The summed E-state index contributed by atoms with van der Waals surface area (Å²) in [7, 11) is 0. The van der Waals surface area contributed by atoms with Crippen molar-refractivity contribution in [3.05, 3.63) is 60.2 Å². The molecular weight excluding hydrogens is 458 g/mol. The smallest absolute Gasteiger partial charge is 0.415 e. The fourth-order valence-electron chi connectivity index (χ4n) is 5.82. The first kappa shape index (κ1) is 22.2. The van der Waals surface area contributed by atoms with Crippen LogP contribution in [0, 0.1) is 23.2 Å². The molecule has 10 nitrogen and oxygen atoms in total. The molecule has 6 rings (SSSR count). The number of fused-ring (bicyclic) bond motifs is 3. The molecule has 10 heteroatoms. The van der Waals surface area contributed by atoms with Gasteiger partial charge in [-0.1, -0.05) is 11.3 Å². The van der Waals surface area contributed by atoms with Crippen LogP contribution in [0.3, 0.4) is 0 Å². The molecule has 1 aromatic carbocycles. The van der Waals surface area contributed by atoms with Gasteiger partial charge in [-0.05, 0) is 47.6 Å². The van der Waals surface area contributed by atoms with E-state index >= 15 is 0 Å². The molecule has 2 amide bonds. The van der Waals surface area contributed by atoms with Gasteiger partial charge in [-0.2, -0.15) is 5.26 Å². The van der Waals surface area contributed by atoms with E-state index in [9.17, 15) is 9.59 Å². The summed E-state index contributed by atoms with van der Waals surface area (Å²) in [5.74, 6) is 0.482. The number of anilines is 1. The third-order valence-corrected chi connectivity index (χ3v) is 7.62. The monoisotopic (exact) mass is 484 g/mol. The summed E-state index contributed by atoms with van der Waals surface area (Å²) < 4.78 is 7.32. The maximum absolute atomic E-state index is 12.6. The van der Waals surface area contributed by atoms with Crippen LogP contribution in [0.5, 0.6) is 0 Å². The Morgan fingerprint density at radius 3 is 2.81 bits per heavy atom. The van der Waals surface area contributed by atoms with Crippen LogP contribution in [-0.2, 0) is 28.9 Å². The molecule has 0 bridgehead atoms. The highest BCUT2D eigenvalue weighted by Gasteiger charge is 2.47. The van der Waals surface area contributed by atoms with Crippen molar-refractivity contribution in [2.24, 2.45) is 11.8 Å². The van der Waals surface area contributed by atoms with Crippen LogP contribution in [0.25, 0.3) is 11.1 Å². The lowest BCUT2D eigenvalue weighted by molar-refractivity contribution is -0.390. The van der Waals surface area contributed by atoms with Crippen molar-refractivity contribution in [1.82, 2.24) is 19.9 Å². The van der Waals surface area contributed by atoms with Crippen molar-refractivity contribution in [3.8, 4) is 17.2 Å². The van der Waals surface area contributed by atoms with E-state index in [-0.39, 0.29) is 30.1 Å². The lowest BCUT2D eigenvalue weighted by Crippen LogP contribution is -2.35. The Hall–Kier alpha value is -4.26. The number of carbonyl (C=O) groups excluding carboxylic acids is 2. The van der Waals surface area contributed by atoms with Crippen LogP contribution in [-0.4, -0.2) is 57.6 Å². The summed E-state index contributed by atoms with van der Waals surface area (Å²) in [6.07, 6.45) is 7.66. The molecule has 5 heterocycles. The van der Waals surface area contributed by atoms with Crippen molar-refractivity contribution in [3.63, 3.8) is 0 Å². The van der Waals surface area contributed by atoms with Gasteiger partial charge >= 0.3 is 6.09 Å². The van der Waals surface area contributed by atoms with Crippen LogP contribution < -0.4 is 9.88 Å². The number of cyclic esters (lactones) is 1. The van der Waals surface area contributed by atoms with Crippen molar-refractivity contribution < 1.29 is 19.3 Å². The van der Waals surface area contributed by atoms with E-state index in [1.807, 2.05) is 18.3 Å². The van der Waals surface area contributed by atoms with E-state index in [0.29, 0.717) is 26.1 Å². The van der Waals surface area contributed by atoms with Gasteiger partial charge in [-0.3, -0.25) is 9.69 Å². The number of aromatic nitrogens is 4. The minimum atomic E-state index is -0.316. The molecule has 0 aliphatic carbocycles. The number of likely N-dealkylation sites (tertiary alicyclic amines) is 1. The van der Waals surface area contributed by atoms with E-state index < -0.39 is 0 Å². The molecule has 0 saturated carbocycles. The highest BCUT2D eigenvalue weighted by Crippen LogP contribution is 2.40. The zero-order valence-electron chi connectivity index (χ0n) is 19.7. The molecule has 3 unspecified atom stereocenters. The molecule has 4 atom stereocenters. The second kappa shape index (κ2) is 9.07. The number of hydrogen-bond acceptors (Lipinski definition) is 6. The summed E-state index contributed by atoms with van der Waals surface area (Å²) in [6, 6.07) is 12.6. The predicted molar refractivity (Wildman–Crippen MR) is 127 cm³/mol. The van der Waals surface area contributed by atoms with E-state index in [2.05, 4.69) is 39.6 Å². The number of amides is 2. The fraction of sp³-hybridized carbons (Fsp3) is 0.385. The van der Waals surface area contributed by atoms with Gasteiger partial charge in [-0.25, -0.2) is 14.5 Å². The molecule has 2 saturated heterocycles. The van der Waals surface area contributed by atoms with Gasteiger partial charge < -0.3 is 9.64 Å². The zero-order chi connectivity index (χ0) is 24.6. The lowest BCUT2D eigenvalue weighted by atomic mass is 9.89.